The van der Waals surface area contributed by atoms with E-state index in [1.807, 2.05) is 19.1 Å². The van der Waals surface area contributed by atoms with Crippen LogP contribution < -0.4 is 15.5 Å². The number of hydrogen-bond acceptors (Lipinski definition) is 5. The summed E-state index contributed by atoms with van der Waals surface area (Å²) in [4.78, 5) is 24.5. The van der Waals surface area contributed by atoms with Crippen LogP contribution in [-0.2, 0) is 0 Å². The van der Waals surface area contributed by atoms with Crippen LogP contribution in [0, 0.1) is 6.92 Å². The van der Waals surface area contributed by atoms with Gasteiger partial charge < -0.3 is 15.2 Å². The lowest BCUT2D eigenvalue weighted by Gasteiger charge is -2.07. The zero-order valence-corrected chi connectivity index (χ0v) is 16.5. The fraction of sp³-hybridized carbons (Fsp3) is 0.0870. The van der Waals surface area contributed by atoms with Gasteiger partial charge in [0.2, 0.25) is 0 Å². The Bertz CT molecular complexity index is 1090. The second-order valence-corrected chi connectivity index (χ2v) is 6.50. The molecule has 0 fully saturated rings. The molecule has 30 heavy (non-hydrogen) atoms. The van der Waals surface area contributed by atoms with Gasteiger partial charge in [0, 0.05) is 22.4 Å². The Kier molecular flexibility index (Phi) is 6.44. The van der Waals surface area contributed by atoms with E-state index in [-0.39, 0.29) is 11.7 Å². The second kappa shape index (κ2) is 9.38. The molecule has 0 aliphatic heterocycles. The van der Waals surface area contributed by atoms with Gasteiger partial charge in [-0.2, -0.15) is 5.10 Å². The topological polar surface area (TPSA) is 100 Å². The third kappa shape index (κ3) is 5.02. The number of benzene rings is 3. The summed E-state index contributed by atoms with van der Waals surface area (Å²) in [6.07, 6.45) is 1.33. The summed E-state index contributed by atoms with van der Waals surface area (Å²) >= 11 is 0. The van der Waals surface area contributed by atoms with E-state index in [9.17, 15) is 14.7 Å². The van der Waals surface area contributed by atoms with Crippen molar-refractivity contribution in [2.75, 3.05) is 12.4 Å². The van der Waals surface area contributed by atoms with Gasteiger partial charge in [-0.05, 0) is 55.5 Å². The number of anilines is 1. The van der Waals surface area contributed by atoms with E-state index in [0.717, 1.165) is 5.56 Å². The number of nitrogens with one attached hydrogen (secondary N) is 2. The van der Waals surface area contributed by atoms with Crippen LogP contribution in [0.3, 0.4) is 0 Å². The van der Waals surface area contributed by atoms with Gasteiger partial charge in [0.15, 0.2) is 11.5 Å². The Morgan fingerprint density at radius 1 is 0.967 bits per heavy atom. The van der Waals surface area contributed by atoms with Gasteiger partial charge in [0.1, 0.15) is 0 Å². The van der Waals surface area contributed by atoms with E-state index in [1.165, 1.54) is 13.3 Å². The fourth-order valence-electron chi connectivity index (χ4n) is 2.73. The maximum absolute atomic E-state index is 12.3. The second-order valence-electron chi connectivity index (χ2n) is 6.50. The molecule has 3 rings (SSSR count). The number of hydrazone groups is 1. The van der Waals surface area contributed by atoms with E-state index in [0.29, 0.717) is 28.1 Å². The Morgan fingerprint density at radius 2 is 1.70 bits per heavy atom. The van der Waals surface area contributed by atoms with Crippen LogP contribution in [0.2, 0.25) is 0 Å². The van der Waals surface area contributed by atoms with Gasteiger partial charge in [0.25, 0.3) is 11.8 Å². The van der Waals surface area contributed by atoms with E-state index < -0.39 is 5.91 Å². The van der Waals surface area contributed by atoms with Crippen molar-refractivity contribution in [3.8, 4) is 11.5 Å². The number of aryl methyl sites for hydroxylation is 1. The molecule has 0 aliphatic rings. The number of rotatable bonds is 6. The number of nitrogens with zero attached hydrogens (tertiary/aromatic N) is 1. The van der Waals surface area contributed by atoms with E-state index in [2.05, 4.69) is 15.8 Å². The van der Waals surface area contributed by atoms with Gasteiger partial charge in [-0.25, -0.2) is 5.43 Å². The predicted molar refractivity (Wildman–Crippen MR) is 115 cm³/mol. The van der Waals surface area contributed by atoms with Crippen LogP contribution in [0.25, 0.3) is 0 Å². The van der Waals surface area contributed by atoms with E-state index in [4.69, 9.17) is 4.74 Å². The standard InChI is InChI=1S/C23H21N3O4/c1-15-5-3-6-17(13-15)22(28)25-19-11-9-16(10-12-19)23(29)26-24-14-18-7-4-8-20(30-2)21(18)27/h3-14,27H,1-2H3,(H,25,28)(H,26,29). The third-order valence-electron chi connectivity index (χ3n) is 4.31. The number of phenolic OH excluding ortho intramolecular Hbond substituents is 1. The molecule has 3 N–H and O–H groups in total. The summed E-state index contributed by atoms with van der Waals surface area (Å²) in [6, 6.07) is 18.7. The Morgan fingerprint density at radius 3 is 2.40 bits per heavy atom. The van der Waals surface area contributed by atoms with Crippen LogP contribution in [-0.4, -0.2) is 30.2 Å². The lowest BCUT2D eigenvalue weighted by atomic mass is 10.1. The summed E-state index contributed by atoms with van der Waals surface area (Å²) in [6.45, 7) is 1.92. The highest BCUT2D eigenvalue weighted by molar-refractivity contribution is 6.04. The maximum Gasteiger partial charge on any atom is 0.271 e. The predicted octanol–water partition coefficient (Wildman–Crippen LogP) is 3.73. The minimum atomic E-state index is -0.426. The molecular weight excluding hydrogens is 382 g/mol. The lowest BCUT2D eigenvalue weighted by molar-refractivity contribution is 0.0954. The molecule has 2 amide bonds. The van der Waals surface area contributed by atoms with Crippen molar-refractivity contribution < 1.29 is 19.4 Å². The van der Waals surface area contributed by atoms with Crippen LogP contribution in [0.15, 0.2) is 71.8 Å². The molecule has 152 valence electrons. The number of ether oxygens (including phenoxy) is 1. The highest BCUT2D eigenvalue weighted by atomic mass is 16.5. The van der Waals surface area contributed by atoms with Crippen LogP contribution >= 0.6 is 0 Å². The minimum absolute atomic E-state index is 0.0632. The average Bonchev–Trinajstić information content (AvgIpc) is 2.75. The molecule has 0 spiro atoms. The van der Waals surface area contributed by atoms with Crippen molar-refractivity contribution in [2.24, 2.45) is 5.10 Å². The smallest absolute Gasteiger partial charge is 0.271 e. The summed E-state index contributed by atoms with van der Waals surface area (Å²) in [7, 11) is 1.45. The molecule has 0 aromatic heterocycles. The molecule has 0 bridgehead atoms. The Balaban J connectivity index is 1.60. The molecule has 7 heteroatoms. The Labute approximate surface area is 174 Å². The molecular formula is C23H21N3O4. The first-order chi connectivity index (χ1) is 14.5. The number of para-hydroxylation sites is 1. The lowest BCUT2D eigenvalue weighted by Crippen LogP contribution is -2.18. The molecule has 7 nitrogen and oxygen atoms in total. The average molecular weight is 403 g/mol. The number of phenols is 1. The van der Waals surface area contributed by atoms with Crippen molar-refractivity contribution in [3.05, 3.63) is 89.0 Å². The summed E-state index contributed by atoms with van der Waals surface area (Å²) in [5, 5.41) is 16.7. The molecule has 0 radical (unpaired) electrons. The molecule has 3 aromatic rings. The van der Waals surface area contributed by atoms with Crippen molar-refractivity contribution in [1.29, 1.82) is 0 Å². The fourth-order valence-corrected chi connectivity index (χ4v) is 2.73. The van der Waals surface area contributed by atoms with Gasteiger partial charge in [-0.3, -0.25) is 9.59 Å². The normalized spacial score (nSPS) is 10.6. The number of aromatic hydroxyl groups is 1. The number of methoxy groups -OCH3 is 1. The van der Waals surface area contributed by atoms with Crippen molar-refractivity contribution >= 4 is 23.7 Å². The van der Waals surface area contributed by atoms with Gasteiger partial charge in [-0.1, -0.05) is 23.8 Å². The van der Waals surface area contributed by atoms with Gasteiger partial charge in [-0.15, -0.1) is 0 Å². The number of amides is 2. The first kappa shape index (κ1) is 20.6. The summed E-state index contributed by atoms with van der Waals surface area (Å²) in [5.41, 5.74) is 5.30. The zero-order valence-electron chi connectivity index (χ0n) is 16.5. The van der Waals surface area contributed by atoms with Gasteiger partial charge >= 0.3 is 0 Å². The maximum atomic E-state index is 12.3. The van der Waals surface area contributed by atoms with Gasteiger partial charge in [0.05, 0.1) is 13.3 Å². The SMILES string of the molecule is COc1cccc(C=NNC(=O)c2ccc(NC(=O)c3cccc(C)c3)cc2)c1O. The Hall–Kier alpha value is -4.13. The number of carbonyl (C=O) groups is 2. The molecule has 0 unspecified atom stereocenters. The molecule has 0 heterocycles. The first-order valence-electron chi connectivity index (χ1n) is 9.15. The largest absolute Gasteiger partial charge is 0.504 e. The highest BCUT2D eigenvalue weighted by Gasteiger charge is 2.09. The number of hydrogen-bond donors (Lipinski definition) is 3. The first-order valence-corrected chi connectivity index (χ1v) is 9.15. The summed E-state index contributed by atoms with van der Waals surface area (Å²) in [5.74, 6) is -0.399. The molecule has 0 saturated carbocycles. The van der Waals surface area contributed by atoms with E-state index in [1.54, 1.807) is 54.6 Å². The van der Waals surface area contributed by atoms with Crippen LogP contribution in [0.4, 0.5) is 5.69 Å². The van der Waals surface area contributed by atoms with E-state index >= 15 is 0 Å². The van der Waals surface area contributed by atoms with Crippen molar-refractivity contribution in [3.63, 3.8) is 0 Å². The third-order valence-corrected chi connectivity index (χ3v) is 4.31. The monoisotopic (exact) mass is 403 g/mol. The van der Waals surface area contributed by atoms with Crippen LogP contribution in [0.5, 0.6) is 11.5 Å². The quantitative estimate of drug-likeness (QED) is 0.431. The van der Waals surface area contributed by atoms with Crippen LogP contribution in [0.1, 0.15) is 31.8 Å². The molecule has 3 aromatic carbocycles. The summed E-state index contributed by atoms with van der Waals surface area (Å²) < 4.78 is 5.03. The zero-order chi connectivity index (χ0) is 21.5. The molecule has 0 aliphatic carbocycles. The minimum Gasteiger partial charge on any atom is -0.504 e. The molecule has 0 saturated heterocycles. The number of carbonyl (C=O) groups excluding carboxylic acids is 2. The van der Waals surface area contributed by atoms with Crippen molar-refractivity contribution in [2.45, 2.75) is 6.92 Å². The van der Waals surface area contributed by atoms with Crippen molar-refractivity contribution in [1.82, 2.24) is 5.43 Å². The highest BCUT2D eigenvalue weighted by Crippen LogP contribution is 2.27. The molecule has 0 atom stereocenters.